The van der Waals surface area contributed by atoms with Crippen LogP contribution in [0.3, 0.4) is 0 Å². The molecule has 4 N–H and O–H groups in total. The van der Waals surface area contributed by atoms with Gasteiger partial charge < -0.3 is 16.2 Å². The molecule has 0 aliphatic carbocycles. The molecule has 0 radical (unpaired) electrons. The Morgan fingerprint density at radius 1 is 1.25 bits per heavy atom. The summed E-state index contributed by atoms with van der Waals surface area (Å²) in [5.74, 6) is -0.0444. The fraction of sp³-hybridized carbons (Fsp3) is 0.133. The molecule has 5 heteroatoms. The quantitative estimate of drug-likeness (QED) is 0.804. The molecule has 0 bridgehead atoms. The van der Waals surface area contributed by atoms with E-state index in [1.165, 1.54) is 0 Å². The molecule has 2 aromatic carbocycles. The summed E-state index contributed by atoms with van der Waals surface area (Å²) in [6, 6.07) is 13.3. The normalized spacial score (nSPS) is 11.9. The van der Waals surface area contributed by atoms with Crippen molar-refractivity contribution in [3.8, 4) is 5.75 Å². The third-order valence-corrected chi connectivity index (χ3v) is 3.31. The number of phenols is 1. The van der Waals surface area contributed by atoms with Gasteiger partial charge in [0, 0.05) is 10.2 Å². The topological polar surface area (TPSA) is 75.3 Å². The maximum Gasteiger partial charge on any atom is 0.241 e. The first-order chi connectivity index (χ1) is 9.54. The van der Waals surface area contributed by atoms with Gasteiger partial charge in [-0.15, -0.1) is 0 Å². The second kappa shape index (κ2) is 6.54. The highest BCUT2D eigenvalue weighted by Gasteiger charge is 2.14. The van der Waals surface area contributed by atoms with Crippen molar-refractivity contribution in [2.45, 2.75) is 12.5 Å². The second-order valence-corrected chi connectivity index (χ2v) is 5.39. The number of amides is 1. The SMILES string of the molecule is N[C@H](Cc1ccc(O)cc1)C(=O)Nc1cccc(Br)c1. The van der Waals surface area contributed by atoms with Crippen LogP contribution in [0.25, 0.3) is 0 Å². The molecular weight excluding hydrogens is 320 g/mol. The molecule has 0 saturated heterocycles. The van der Waals surface area contributed by atoms with Crippen LogP contribution in [0.15, 0.2) is 53.0 Å². The molecule has 0 aliphatic heterocycles. The Labute approximate surface area is 125 Å². The lowest BCUT2D eigenvalue weighted by Crippen LogP contribution is -2.37. The molecule has 1 atom stereocenters. The molecule has 104 valence electrons. The van der Waals surface area contributed by atoms with Crippen LogP contribution in [0.2, 0.25) is 0 Å². The number of aromatic hydroxyl groups is 1. The van der Waals surface area contributed by atoms with Gasteiger partial charge in [-0.2, -0.15) is 0 Å². The Kier molecular flexibility index (Phi) is 4.76. The average molecular weight is 335 g/mol. The lowest BCUT2D eigenvalue weighted by Gasteiger charge is -2.12. The summed E-state index contributed by atoms with van der Waals surface area (Å²) in [5, 5.41) is 12.0. The largest absolute Gasteiger partial charge is 0.508 e. The number of hydrogen-bond acceptors (Lipinski definition) is 3. The Morgan fingerprint density at radius 2 is 1.95 bits per heavy atom. The van der Waals surface area contributed by atoms with E-state index in [0.29, 0.717) is 12.1 Å². The van der Waals surface area contributed by atoms with Gasteiger partial charge in [0.25, 0.3) is 0 Å². The molecule has 0 spiro atoms. The third-order valence-electron chi connectivity index (χ3n) is 2.82. The fourth-order valence-corrected chi connectivity index (χ4v) is 2.18. The van der Waals surface area contributed by atoms with Gasteiger partial charge >= 0.3 is 0 Å². The average Bonchev–Trinajstić information content (AvgIpc) is 2.41. The molecular formula is C15H15BrN2O2. The minimum absolute atomic E-state index is 0.195. The first-order valence-corrected chi connectivity index (χ1v) is 6.94. The van der Waals surface area contributed by atoms with E-state index in [1.807, 2.05) is 18.2 Å². The molecule has 0 aliphatic rings. The highest BCUT2D eigenvalue weighted by Crippen LogP contribution is 2.16. The van der Waals surface area contributed by atoms with E-state index in [4.69, 9.17) is 5.73 Å². The summed E-state index contributed by atoms with van der Waals surface area (Å²) < 4.78 is 0.891. The summed E-state index contributed by atoms with van der Waals surface area (Å²) in [5.41, 5.74) is 7.49. The Morgan fingerprint density at radius 3 is 2.60 bits per heavy atom. The lowest BCUT2D eigenvalue weighted by atomic mass is 10.1. The van der Waals surface area contributed by atoms with Gasteiger partial charge in [-0.3, -0.25) is 4.79 Å². The zero-order chi connectivity index (χ0) is 14.5. The van der Waals surface area contributed by atoms with Crippen LogP contribution in [0.4, 0.5) is 5.69 Å². The van der Waals surface area contributed by atoms with E-state index in [1.54, 1.807) is 30.3 Å². The fourth-order valence-electron chi connectivity index (χ4n) is 1.78. The van der Waals surface area contributed by atoms with Gasteiger partial charge in [-0.1, -0.05) is 34.1 Å². The molecule has 0 aromatic heterocycles. The van der Waals surface area contributed by atoms with Gasteiger partial charge in [0.1, 0.15) is 5.75 Å². The zero-order valence-corrected chi connectivity index (χ0v) is 12.3. The summed E-state index contributed by atoms with van der Waals surface area (Å²) in [6.07, 6.45) is 0.417. The van der Waals surface area contributed by atoms with Crippen molar-refractivity contribution in [2.24, 2.45) is 5.73 Å². The van der Waals surface area contributed by atoms with Crippen molar-refractivity contribution in [3.63, 3.8) is 0 Å². The monoisotopic (exact) mass is 334 g/mol. The van der Waals surface area contributed by atoms with E-state index >= 15 is 0 Å². The number of hydrogen-bond donors (Lipinski definition) is 3. The van der Waals surface area contributed by atoms with Crippen LogP contribution in [-0.4, -0.2) is 17.1 Å². The summed E-state index contributed by atoms with van der Waals surface area (Å²) >= 11 is 3.34. The molecule has 4 nitrogen and oxygen atoms in total. The van der Waals surface area contributed by atoms with Crippen LogP contribution in [0.5, 0.6) is 5.75 Å². The second-order valence-electron chi connectivity index (χ2n) is 4.48. The van der Waals surface area contributed by atoms with Gasteiger partial charge in [-0.25, -0.2) is 0 Å². The summed E-state index contributed by atoms with van der Waals surface area (Å²) in [4.78, 5) is 12.0. The van der Waals surface area contributed by atoms with Crippen LogP contribution in [0, 0.1) is 0 Å². The zero-order valence-electron chi connectivity index (χ0n) is 10.7. The highest BCUT2D eigenvalue weighted by atomic mass is 79.9. The number of carbonyl (C=O) groups is 1. The van der Waals surface area contributed by atoms with E-state index in [9.17, 15) is 9.90 Å². The van der Waals surface area contributed by atoms with Gasteiger partial charge in [-0.05, 0) is 42.3 Å². The van der Waals surface area contributed by atoms with E-state index in [2.05, 4.69) is 21.2 Å². The van der Waals surface area contributed by atoms with Crippen molar-refractivity contribution in [2.75, 3.05) is 5.32 Å². The number of anilines is 1. The molecule has 1 amide bonds. The molecule has 20 heavy (non-hydrogen) atoms. The smallest absolute Gasteiger partial charge is 0.241 e. The van der Waals surface area contributed by atoms with Crippen molar-refractivity contribution in [3.05, 3.63) is 58.6 Å². The van der Waals surface area contributed by atoms with Crippen LogP contribution < -0.4 is 11.1 Å². The number of benzene rings is 2. The van der Waals surface area contributed by atoms with Gasteiger partial charge in [0.15, 0.2) is 0 Å². The Balaban J connectivity index is 1.96. The molecule has 0 heterocycles. The number of nitrogens with one attached hydrogen (secondary N) is 1. The molecule has 2 rings (SSSR count). The van der Waals surface area contributed by atoms with Gasteiger partial charge in [0.05, 0.1) is 6.04 Å². The molecule has 2 aromatic rings. The van der Waals surface area contributed by atoms with Crippen LogP contribution >= 0.6 is 15.9 Å². The number of halogens is 1. The minimum Gasteiger partial charge on any atom is -0.508 e. The standard InChI is InChI=1S/C15H15BrN2O2/c16-11-2-1-3-12(9-11)18-15(20)14(17)8-10-4-6-13(19)7-5-10/h1-7,9,14,19H,8,17H2,(H,18,20)/t14-/m1/s1. The molecule has 0 unspecified atom stereocenters. The first kappa shape index (κ1) is 14.6. The predicted octanol–water partition coefficient (Wildman–Crippen LogP) is 2.66. The number of rotatable bonds is 4. The lowest BCUT2D eigenvalue weighted by molar-refractivity contribution is -0.117. The number of phenolic OH excluding ortho intramolecular Hbond substituents is 1. The van der Waals surface area contributed by atoms with Crippen molar-refractivity contribution >= 4 is 27.5 Å². The maximum atomic E-state index is 12.0. The van der Waals surface area contributed by atoms with Gasteiger partial charge in [0.2, 0.25) is 5.91 Å². The predicted molar refractivity (Wildman–Crippen MR) is 82.6 cm³/mol. The third kappa shape index (κ3) is 4.08. The number of carbonyl (C=O) groups excluding carboxylic acids is 1. The Bertz CT molecular complexity index is 599. The van der Waals surface area contributed by atoms with Crippen molar-refractivity contribution in [1.29, 1.82) is 0 Å². The summed E-state index contributed by atoms with van der Waals surface area (Å²) in [7, 11) is 0. The van der Waals surface area contributed by atoms with E-state index in [-0.39, 0.29) is 11.7 Å². The maximum absolute atomic E-state index is 12.0. The summed E-state index contributed by atoms with van der Waals surface area (Å²) in [6.45, 7) is 0. The van der Waals surface area contributed by atoms with E-state index < -0.39 is 6.04 Å². The first-order valence-electron chi connectivity index (χ1n) is 6.14. The molecule has 0 saturated carbocycles. The van der Waals surface area contributed by atoms with Crippen LogP contribution in [0.1, 0.15) is 5.56 Å². The number of nitrogens with two attached hydrogens (primary N) is 1. The molecule has 0 fully saturated rings. The van der Waals surface area contributed by atoms with Crippen LogP contribution in [-0.2, 0) is 11.2 Å². The van der Waals surface area contributed by atoms with Crippen molar-refractivity contribution in [1.82, 2.24) is 0 Å². The Hall–Kier alpha value is -1.85. The highest BCUT2D eigenvalue weighted by molar-refractivity contribution is 9.10. The van der Waals surface area contributed by atoms with Crippen molar-refractivity contribution < 1.29 is 9.90 Å². The minimum atomic E-state index is -0.640. The van der Waals surface area contributed by atoms with E-state index in [0.717, 1.165) is 10.0 Å².